The first-order chi connectivity index (χ1) is 12.8. The molecular weight excluding hydrogens is 493 g/mol. The van der Waals surface area contributed by atoms with Crippen molar-refractivity contribution < 1.29 is 12.6 Å². The first-order valence-corrected chi connectivity index (χ1v) is 12.4. The standard InChI is InChI=1S/C20H18INO3S2/c1-16-10-12-20(13-11-16)27(24,25)22-26(23,19-8-3-2-4-9-19)15-17-6-5-7-18(21)14-17/h2-14H,15H2,1H3. The Morgan fingerprint density at radius 2 is 1.48 bits per heavy atom. The van der Waals surface area contributed by atoms with E-state index >= 15 is 0 Å². The number of nitrogens with zero attached hydrogens (tertiary/aromatic N) is 1. The third-order valence-corrected chi connectivity index (χ3v) is 8.92. The van der Waals surface area contributed by atoms with Gasteiger partial charge in [0.05, 0.1) is 20.4 Å². The summed E-state index contributed by atoms with van der Waals surface area (Å²) >= 11 is 2.17. The lowest BCUT2D eigenvalue weighted by molar-refractivity contribution is 0.598. The van der Waals surface area contributed by atoms with Gasteiger partial charge < -0.3 is 0 Å². The van der Waals surface area contributed by atoms with Crippen LogP contribution in [0.3, 0.4) is 0 Å². The van der Waals surface area contributed by atoms with E-state index in [1.54, 1.807) is 42.5 Å². The Kier molecular flexibility index (Phi) is 6.02. The fourth-order valence-electron chi connectivity index (χ4n) is 2.55. The molecule has 0 fully saturated rings. The van der Waals surface area contributed by atoms with Crippen molar-refractivity contribution >= 4 is 42.3 Å². The summed E-state index contributed by atoms with van der Waals surface area (Å²) in [7, 11) is -7.29. The molecule has 0 bridgehead atoms. The molecular formula is C20H18INO3S2. The molecule has 0 N–H and O–H groups in total. The average molecular weight is 511 g/mol. The Morgan fingerprint density at radius 3 is 2.11 bits per heavy atom. The van der Waals surface area contributed by atoms with Gasteiger partial charge in [0.25, 0.3) is 10.0 Å². The van der Waals surface area contributed by atoms with Crippen LogP contribution in [0.4, 0.5) is 0 Å². The van der Waals surface area contributed by atoms with Crippen LogP contribution in [0.25, 0.3) is 0 Å². The summed E-state index contributed by atoms with van der Waals surface area (Å²) in [5.74, 6) is 0.0267. The first-order valence-electron chi connectivity index (χ1n) is 8.16. The zero-order chi connectivity index (χ0) is 19.5. The number of benzene rings is 3. The molecule has 3 aromatic rings. The lowest BCUT2D eigenvalue weighted by Crippen LogP contribution is -2.09. The van der Waals surface area contributed by atoms with Crippen LogP contribution in [0.2, 0.25) is 0 Å². The van der Waals surface area contributed by atoms with Crippen LogP contribution in [0, 0.1) is 10.5 Å². The van der Waals surface area contributed by atoms with Gasteiger partial charge in [-0.05, 0) is 71.5 Å². The number of rotatable bonds is 5. The van der Waals surface area contributed by atoms with E-state index < -0.39 is 19.8 Å². The van der Waals surface area contributed by atoms with E-state index in [1.807, 2.05) is 31.2 Å². The van der Waals surface area contributed by atoms with Crippen LogP contribution in [-0.2, 0) is 25.5 Å². The van der Waals surface area contributed by atoms with E-state index in [2.05, 4.69) is 26.4 Å². The predicted molar refractivity (Wildman–Crippen MR) is 117 cm³/mol. The van der Waals surface area contributed by atoms with E-state index in [-0.39, 0.29) is 10.6 Å². The van der Waals surface area contributed by atoms with Crippen molar-refractivity contribution in [1.82, 2.24) is 0 Å². The second kappa shape index (κ2) is 8.12. The molecule has 0 aromatic heterocycles. The van der Waals surface area contributed by atoms with Gasteiger partial charge in [-0.15, -0.1) is 3.77 Å². The van der Waals surface area contributed by atoms with Crippen molar-refractivity contribution in [1.29, 1.82) is 0 Å². The van der Waals surface area contributed by atoms with Crippen LogP contribution >= 0.6 is 22.6 Å². The second-order valence-electron chi connectivity index (χ2n) is 6.09. The highest BCUT2D eigenvalue weighted by Gasteiger charge is 2.21. The fraction of sp³-hybridized carbons (Fsp3) is 0.100. The Balaban J connectivity index is 2.16. The van der Waals surface area contributed by atoms with Crippen molar-refractivity contribution in [2.45, 2.75) is 22.5 Å². The summed E-state index contributed by atoms with van der Waals surface area (Å²) in [6.45, 7) is 1.87. The Morgan fingerprint density at radius 1 is 0.815 bits per heavy atom. The molecule has 0 amide bonds. The van der Waals surface area contributed by atoms with Gasteiger partial charge in [0.2, 0.25) is 0 Å². The summed E-state index contributed by atoms with van der Waals surface area (Å²) in [6, 6.07) is 22.5. The van der Waals surface area contributed by atoms with Crippen molar-refractivity contribution in [3.8, 4) is 0 Å². The SMILES string of the molecule is Cc1ccc(S(=O)(=O)N=S(=O)(Cc2cccc(I)c2)c2ccccc2)cc1. The molecule has 7 heteroatoms. The normalized spacial score (nSPS) is 13.7. The maximum atomic E-state index is 13.8. The summed E-state index contributed by atoms with van der Waals surface area (Å²) in [5.41, 5.74) is 1.72. The minimum Gasteiger partial charge on any atom is -0.243 e. The molecule has 1 atom stereocenters. The van der Waals surface area contributed by atoms with Crippen LogP contribution in [0.1, 0.15) is 11.1 Å². The molecule has 1 unspecified atom stereocenters. The number of sulfonamides is 1. The molecule has 0 radical (unpaired) electrons. The van der Waals surface area contributed by atoms with E-state index in [0.717, 1.165) is 14.7 Å². The first kappa shape index (κ1) is 20.0. The fourth-order valence-corrected chi connectivity index (χ4v) is 7.19. The Hall–Kier alpha value is -1.71. The lowest BCUT2D eigenvalue weighted by Gasteiger charge is -2.11. The van der Waals surface area contributed by atoms with E-state index in [1.165, 1.54) is 12.1 Å². The van der Waals surface area contributed by atoms with Crippen LogP contribution in [0.15, 0.2) is 92.4 Å². The monoisotopic (exact) mass is 511 g/mol. The molecule has 27 heavy (non-hydrogen) atoms. The summed E-state index contributed by atoms with van der Waals surface area (Å²) < 4.78 is 44.4. The molecule has 3 aromatic carbocycles. The topological polar surface area (TPSA) is 63.6 Å². The second-order valence-corrected chi connectivity index (χ2v) is 11.4. The van der Waals surface area contributed by atoms with Crippen molar-refractivity contribution in [3.63, 3.8) is 0 Å². The van der Waals surface area contributed by atoms with Gasteiger partial charge in [0.15, 0.2) is 0 Å². The van der Waals surface area contributed by atoms with E-state index in [0.29, 0.717) is 4.90 Å². The molecule has 0 spiro atoms. The molecule has 4 nitrogen and oxygen atoms in total. The van der Waals surface area contributed by atoms with Gasteiger partial charge in [-0.1, -0.05) is 48.0 Å². The molecule has 0 aliphatic heterocycles. The van der Waals surface area contributed by atoms with Crippen LogP contribution in [-0.4, -0.2) is 12.6 Å². The maximum absolute atomic E-state index is 13.8. The number of hydrogen-bond acceptors (Lipinski definition) is 3. The molecule has 0 heterocycles. The summed E-state index contributed by atoms with van der Waals surface area (Å²) in [6.07, 6.45) is 0. The number of aryl methyl sites for hydroxylation is 1. The maximum Gasteiger partial charge on any atom is 0.290 e. The molecule has 3 rings (SSSR count). The van der Waals surface area contributed by atoms with Crippen molar-refractivity contribution in [2.24, 2.45) is 3.77 Å². The highest BCUT2D eigenvalue weighted by molar-refractivity contribution is 14.1. The number of hydrogen-bond donors (Lipinski definition) is 0. The van der Waals surface area contributed by atoms with Crippen molar-refractivity contribution in [2.75, 3.05) is 0 Å². The van der Waals surface area contributed by atoms with Gasteiger partial charge in [0, 0.05) is 8.47 Å². The largest absolute Gasteiger partial charge is 0.290 e. The zero-order valence-electron chi connectivity index (χ0n) is 14.6. The molecule has 0 aliphatic carbocycles. The average Bonchev–Trinajstić information content (AvgIpc) is 2.62. The summed E-state index contributed by atoms with van der Waals surface area (Å²) in [4.78, 5) is 0.443. The smallest absolute Gasteiger partial charge is 0.243 e. The molecule has 0 saturated heterocycles. The van der Waals surface area contributed by atoms with E-state index in [4.69, 9.17) is 0 Å². The van der Waals surface area contributed by atoms with Gasteiger partial charge in [-0.2, -0.15) is 8.42 Å². The van der Waals surface area contributed by atoms with Crippen molar-refractivity contribution in [3.05, 3.63) is 93.6 Å². The molecule has 0 aliphatic rings. The minimum absolute atomic E-state index is 0.0267. The minimum atomic E-state index is -4.07. The zero-order valence-corrected chi connectivity index (χ0v) is 18.4. The highest BCUT2D eigenvalue weighted by Crippen LogP contribution is 2.24. The predicted octanol–water partition coefficient (Wildman–Crippen LogP) is 5.02. The number of halogens is 1. The van der Waals surface area contributed by atoms with Gasteiger partial charge in [-0.25, -0.2) is 4.21 Å². The lowest BCUT2D eigenvalue weighted by atomic mass is 10.2. The van der Waals surface area contributed by atoms with Gasteiger partial charge >= 0.3 is 0 Å². The van der Waals surface area contributed by atoms with Gasteiger partial charge in [0.1, 0.15) is 0 Å². The molecule has 0 saturated carbocycles. The Bertz CT molecular complexity index is 1170. The highest BCUT2D eigenvalue weighted by atomic mass is 127. The van der Waals surface area contributed by atoms with E-state index in [9.17, 15) is 12.6 Å². The van der Waals surface area contributed by atoms with Crippen LogP contribution < -0.4 is 0 Å². The Labute approximate surface area is 174 Å². The van der Waals surface area contributed by atoms with Crippen LogP contribution in [0.5, 0.6) is 0 Å². The summed E-state index contributed by atoms with van der Waals surface area (Å²) in [5, 5.41) is 0. The molecule has 140 valence electrons. The third-order valence-electron chi connectivity index (χ3n) is 3.90. The quantitative estimate of drug-likeness (QED) is 0.453. The third kappa shape index (κ3) is 4.97. The van der Waals surface area contributed by atoms with Gasteiger partial charge in [-0.3, -0.25) is 0 Å².